The number of halogens is 2. The van der Waals surface area contributed by atoms with E-state index in [1.54, 1.807) is 0 Å². The van der Waals surface area contributed by atoms with Gasteiger partial charge in [-0.05, 0) is 12.3 Å². The highest BCUT2D eigenvalue weighted by Gasteiger charge is 2.19. The fraction of sp³-hybridized carbons (Fsp3) is 0.556. The largest absolute Gasteiger partial charge is 0.278 e. The monoisotopic (exact) mass is 156 g/mol. The van der Waals surface area contributed by atoms with E-state index in [9.17, 15) is 8.78 Å². The molecular weight excluding hydrogens is 146 g/mol. The van der Waals surface area contributed by atoms with E-state index in [0.29, 0.717) is 6.08 Å². The molecular formula is C9H10F2. The standard InChI is InChI=1S/C9H10F2/c10-9(11)5-3-1-2-4-8-6-7-8/h5,8H,2,4,6-7H2. The van der Waals surface area contributed by atoms with Gasteiger partial charge in [0, 0.05) is 6.42 Å². The van der Waals surface area contributed by atoms with Crippen LogP contribution in [0.4, 0.5) is 8.78 Å². The molecule has 1 aliphatic rings. The summed E-state index contributed by atoms with van der Waals surface area (Å²) in [6.45, 7) is 0. The van der Waals surface area contributed by atoms with E-state index in [1.807, 2.05) is 0 Å². The molecule has 0 radical (unpaired) electrons. The van der Waals surface area contributed by atoms with Crippen LogP contribution in [0.15, 0.2) is 12.2 Å². The molecule has 0 saturated heterocycles. The van der Waals surface area contributed by atoms with Gasteiger partial charge in [-0.2, -0.15) is 8.78 Å². The topological polar surface area (TPSA) is 0 Å². The maximum absolute atomic E-state index is 11.4. The molecule has 0 spiro atoms. The molecule has 1 rings (SSSR count). The van der Waals surface area contributed by atoms with Crippen LogP contribution >= 0.6 is 0 Å². The van der Waals surface area contributed by atoms with Crippen LogP contribution in [0, 0.1) is 17.8 Å². The van der Waals surface area contributed by atoms with Crippen molar-refractivity contribution in [2.45, 2.75) is 25.7 Å². The Morgan fingerprint density at radius 2 is 2.18 bits per heavy atom. The van der Waals surface area contributed by atoms with E-state index in [2.05, 4.69) is 11.8 Å². The smallest absolute Gasteiger partial charge is 0.173 e. The first-order valence-corrected chi connectivity index (χ1v) is 3.78. The SMILES string of the molecule is FC(F)=CC#CCCC1CC1. The molecule has 0 heterocycles. The lowest BCUT2D eigenvalue weighted by atomic mass is 10.2. The van der Waals surface area contributed by atoms with E-state index in [4.69, 9.17) is 0 Å². The van der Waals surface area contributed by atoms with Crippen LogP contribution in [0.25, 0.3) is 0 Å². The molecule has 0 amide bonds. The molecule has 0 atom stereocenters. The summed E-state index contributed by atoms with van der Waals surface area (Å²) in [5.74, 6) is 5.82. The number of allylic oxidation sites excluding steroid dienone is 1. The van der Waals surface area contributed by atoms with Crippen molar-refractivity contribution >= 4 is 0 Å². The third kappa shape index (κ3) is 4.55. The van der Waals surface area contributed by atoms with E-state index in [0.717, 1.165) is 18.8 Å². The van der Waals surface area contributed by atoms with Crippen molar-refractivity contribution in [1.82, 2.24) is 0 Å². The zero-order valence-corrected chi connectivity index (χ0v) is 6.24. The summed E-state index contributed by atoms with van der Waals surface area (Å²) in [6, 6.07) is 0. The Morgan fingerprint density at radius 3 is 2.73 bits per heavy atom. The molecule has 0 nitrogen and oxygen atoms in total. The first kappa shape index (κ1) is 8.26. The summed E-state index contributed by atoms with van der Waals surface area (Å²) in [7, 11) is 0. The van der Waals surface area contributed by atoms with Crippen LogP contribution in [0.2, 0.25) is 0 Å². The number of hydrogen-bond acceptors (Lipinski definition) is 0. The zero-order chi connectivity index (χ0) is 8.10. The molecule has 1 fully saturated rings. The van der Waals surface area contributed by atoms with Crippen LogP contribution in [0.5, 0.6) is 0 Å². The number of hydrogen-bond donors (Lipinski definition) is 0. The zero-order valence-electron chi connectivity index (χ0n) is 6.24. The van der Waals surface area contributed by atoms with Crippen molar-refractivity contribution in [2.75, 3.05) is 0 Å². The Hall–Kier alpha value is -0.840. The van der Waals surface area contributed by atoms with Gasteiger partial charge in [-0.3, -0.25) is 0 Å². The molecule has 0 aromatic heterocycles. The van der Waals surface area contributed by atoms with Gasteiger partial charge in [0.2, 0.25) is 0 Å². The summed E-state index contributed by atoms with van der Waals surface area (Å²) in [6.07, 6.45) is 3.39. The van der Waals surface area contributed by atoms with Gasteiger partial charge in [0.1, 0.15) is 0 Å². The van der Waals surface area contributed by atoms with Crippen molar-refractivity contribution in [3.8, 4) is 11.8 Å². The lowest BCUT2D eigenvalue weighted by Gasteiger charge is -1.84. The minimum Gasteiger partial charge on any atom is -0.173 e. The van der Waals surface area contributed by atoms with Gasteiger partial charge in [-0.15, -0.1) is 0 Å². The highest BCUT2D eigenvalue weighted by molar-refractivity contribution is 5.15. The maximum Gasteiger partial charge on any atom is 0.278 e. The summed E-state index contributed by atoms with van der Waals surface area (Å²) in [5.41, 5.74) is 0. The quantitative estimate of drug-likeness (QED) is 0.539. The van der Waals surface area contributed by atoms with E-state index < -0.39 is 6.08 Å². The predicted molar refractivity (Wildman–Crippen MR) is 40.0 cm³/mol. The highest BCUT2D eigenvalue weighted by atomic mass is 19.3. The van der Waals surface area contributed by atoms with Crippen molar-refractivity contribution in [1.29, 1.82) is 0 Å². The highest BCUT2D eigenvalue weighted by Crippen LogP contribution is 2.33. The molecule has 0 unspecified atom stereocenters. The first-order chi connectivity index (χ1) is 5.29. The van der Waals surface area contributed by atoms with Gasteiger partial charge in [-0.1, -0.05) is 24.7 Å². The van der Waals surface area contributed by atoms with Crippen LogP contribution < -0.4 is 0 Å². The van der Waals surface area contributed by atoms with Gasteiger partial charge in [0.15, 0.2) is 0 Å². The summed E-state index contributed by atoms with van der Waals surface area (Å²) in [5, 5.41) is 0. The average Bonchev–Trinajstić information content (AvgIpc) is 2.70. The Labute approximate surface area is 65.3 Å². The minimum atomic E-state index is -1.70. The second kappa shape index (κ2) is 4.12. The van der Waals surface area contributed by atoms with Gasteiger partial charge in [-0.25, -0.2) is 0 Å². The molecule has 0 aromatic rings. The maximum atomic E-state index is 11.4. The third-order valence-corrected chi connectivity index (χ3v) is 1.66. The molecule has 11 heavy (non-hydrogen) atoms. The van der Waals surface area contributed by atoms with Crippen LogP contribution in [0.3, 0.4) is 0 Å². The lowest BCUT2D eigenvalue weighted by molar-refractivity contribution is 0.422. The Bertz CT molecular complexity index is 199. The predicted octanol–water partition coefficient (Wildman–Crippen LogP) is 2.96. The van der Waals surface area contributed by atoms with Crippen molar-refractivity contribution in [2.24, 2.45) is 5.92 Å². The van der Waals surface area contributed by atoms with Crippen molar-refractivity contribution < 1.29 is 8.78 Å². The fourth-order valence-corrected chi connectivity index (χ4v) is 0.861. The van der Waals surface area contributed by atoms with Crippen LogP contribution in [0.1, 0.15) is 25.7 Å². The van der Waals surface area contributed by atoms with Crippen molar-refractivity contribution in [3.63, 3.8) is 0 Å². The summed E-state index contributed by atoms with van der Waals surface area (Å²) >= 11 is 0. The van der Waals surface area contributed by atoms with Crippen LogP contribution in [-0.2, 0) is 0 Å². The second-order valence-corrected chi connectivity index (χ2v) is 2.74. The van der Waals surface area contributed by atoms with Gasteiger partial charge in [0.25, 0.3) is 6.08 Å². The lowest BCUT2D eigenvalue weighted by Crippen LogP contribution is -1.72. The molecule has 0 N–H and O–H groups in total. The van der Waals surface area contributed by atoms with E-state index in [1.165, 1.54) is 12.8 Å². The Kier molecular flexibility index (Phi) is 3.10. The molecule has 0 aliphatic heterocycles. The molecule has 1 aliphatic carbocycles. The fourth-order valence-electron chi connectivity index (χ4n) is 0.861. The number of rotatable bonds is 2. The van der Waals surface area contributed by atoms with E-state index >= 15 is 0 Å². The summed E-state index contributed by atoms with van der Waals surface area (Å²) < 4.78 is 22.8. The third-order valence-electron chi connectivity index (χ3n) is 1.66. The van der Waals surface area contributed by atoms with Gasteiger partial charge >= 0.3 is 0 Å². The molecule has 0 bridgehead atoms. The van der Waals surface area contributed by atoms with Crippen molar-refractivity contribution in [3.05, 3.63) is 12.2 Å². The Morgan fingerprint density at radius 1 is 1.45 bits per heavy atom. The van der Waals surface area contributed by atoms with Crippen LogP contribution in [-0.4, -0.2) is 0 Å². The normalized spacial score (nSPS) is 15.1. The Balaban J connectivity index is 2.06. The van der Waals surface area contributed by atoms with Gasteiger partial charge < -0.3 is 0 Å². The molecule has 2 heteroatoms. The second-order valence-electron chi connectivity index (χ2n) is 2.74. The average molecular weight is 156 g/mol. The molecule has 60 valence electrons. The minimum absolute atomic E-state index is 0.660. The molecule has 1 saturated carbocycles. The summed E-state index contributed by atoms with van der Waals surface area (Å²) in [4.78, 5) is 0. The van der Waals surface area contributed by atoms with E-state index in [-0.39, 0.29) is 0 Å². The molecule has 0 aromatic carbocycles. The van der Waals surface area contributed by atoms with Gasteiger partial charge in [0.05, 0.1) is 6.08 Å². The first-order valence-electron chi connectivity index (χ1n) is 3.78.